The molecule has 0 aliphatic rings. The van der Waals surface area contributed by atoms with Gasteiger partial charge in [-0.25, -0.2) is 4.79 Å². The van der Waals surface area contributed by atoms with Crippen molar-refractivity contribution in [3.05, 3.63) is 35.9 Å². The van der Waals surface area contributed by atoms with Gasteiger partial charge in [0.1, 0.15) is 6.54 Å². The second-order valence-electron chi connectivity index (χ2n) is 3.33. The molecule has 0 unspecified atom stereocenters. The number of esters is 1. The van der Waals surface area contributed by atoms with Crippen LogP contribution in [0.15, 0.2) is 30.3 Å². The number of carbonyl (C=O) groups excluding carboxylic acids is 2. The Bertz CT molecular complexity index is 365. The van der Waals surface area contributed by atoms with Crippen LogP contribution in [0.4, 0.5) is 4.79 Å². The molecular weight excluding hydrogens is 220 g/mol. The summed E-state index contributed by atoms with van der Waals surface area (Å²) in [6.45, 7) is 2.34. The fourth-order valence-electron chi connectivity index (χ4n) is 1.21. The smallest absolute Gasteiger partial charge is 0.325 e. The summed E-state index contributed by atoms with van der Waals surface area (Å²) in [5.74, 6) is -0.442. The van der Waals surface area contributed by atoms with E-state index in [0.717, 1.165) is 5.56 Å². The lowest BCUT2D eigenvalue weighted by Gasteiger charge is -2.07. The molecule has 1 aromatic rings. The highest BCUT2D eigenvalue weighted by Crippen LogP contribution is 1.96. The number of benzene rings is 1. The van der Waals surface area contributed by atoms with Crippen LogP contribution < -0.4 is 10.6 Å². The quantitative estimate of drug-likeness (QED) is 0.751. The van der Waals surface area contributed by atoms with E-state index in [4.69, 9.17) is 0 Å². The highest BCUT2D eigenvalue weighted by Gasteiger charge is 2.04. The lowest BCUT2D eigenvalue weighted by Crippen LogP contribution is -2.38. The third-order valence-electron chi connectivity index (χ3n) is 1.99. The lowest BCUT2D eigenvalue weighted by molar-refractivity contribution is -0.141. The molecule has 0 aromatic heterocycles. The van der Waals surface area contributed by atoms with Crippen LogP contribution >= 0.6 is 0 Å². The SMILES string of the molecule is CCOC(=O)CNC(=O)NCc1ccccc1. The minimum absolute atomic E-state index is 0.117. The first-order valence-corrected chi connectivity index (χ1v) is 5.43. The average Bonchev–Trinajstić information content (AvgIpc) is 2.35. The fourth-order valence-corrected chi connectivity index (χ4v) is 1.21. The van der Waals surface area contributed by atoms with E-state index >= 15 is 0 Å². The van der Waals surface area contributed by atoms with Gasteiger partial charge in [-0.1, -0.05) is 30.3 Å². The zero-order valence-electron chi connectivity index (χ0n) is 9.73. The molecule has 0 bridgehead atoms. The van der Waals surface area contributed by atoms with Crippen molar-refractivity contribution in [2.24, 2.45) is 0 Å². The van der Waals surface area contributed by atoms with E-state index in [1.54, 1.807) is 6.92 Å². The molecule has 92 valence electrons. The number of urea groups is 1. The van der Waals surface area contributed by atoms with E-state index in [0.29, 0.717) is 13.2 Å². The van der Waals surface area contributed by atoms with Crippen molar-refractivity contribution < 1.29 is 14.3 Å². The summed E-state index contributed by atoms with van der Waals surface area (Å²) in [5, 5.41) is 5.05. The Labute approximate surface area is 100 Å². The number of carbonyl (C=O) groups is 2. The van der Waals surface area contributed by atoms with Crippen LogP contribution in [0.5, 0.6) is 0 Å². The van der Waals surface area contributed by atoms with Crippen LogP contribution in [0.1, 0.15) is 12.5 Å². The Morgan fingerprint density at radius 2 is 1.88 bits per heavy atom. The molecule has 1 aromatic carbocycles. The minimum atomic E-state index is -0.442. The third-order valence-corrected chi connectivity index (χ3v) is 1.99. The van der Waals surface area contributed by atoms with Gasteiger partial charge in [-0.05, 0) is 12.5 Å². The normalized spacial score (nSPS) is 9.47. The summed E-state index contributed by atoms with van der Waals surface area (Å²) in [6.07, 6.45) is 0. The first-order chi connectivity index (χ1) is 8.22. The van der Waals surface area contributed by atoms with Gasteiger partial charge < -0.3 is 15.4 Å². The molecule has 5 heteroatoms. The maximum absolute atomic E-state index is 11.3. The van der Waals surface area contributed by atoms with Crippen LogP contribution in [0.25, 0.3) is 0 Å². The number of ether oxygens (including phenoxy) is 1. The van der Waals surface area contributed by atoms with Crippen molar-refractivity contribution in [2.45, 2.75) is 13.5 Å². The van der Waals surface area contributed by atoms with Gasteiger partial charge in [0.25, 0.3) is 0 Å². The van der Waals surface area contributed by atoms with Gasteiger partial charge in [-0.3, -0.25) is 4.79 Å². The molecule has 1 rings (SSSR count). The van der Waals surface area contributed by atoms with E-state index in [-0.39, 0.29) is 12.6 Å². The summed E-state index contributed by atoms with van der Waals surface area (Å²) in [5.41, 5.74) is 0.999. The van der Waals surface area contributed by atoms with Gasteiger partial charge in [0.2, 0.25) is 0 Å². The summed E-state index contributed by atoms with van der Waals surface area (Å²) >= 11 is 0. The monoisotopic (exact) mass is 236 g/mol. The largest absolute Gasteiger partial charge is 0.465 e. The highest BCUT2D eigenvalue weighted by molar-refractivity contribution is 5.80. The Kier molecular flexibility index (Phi) is 5.57. The van der Waals surface area contributed by atoms with E-state index in [1.165, 1.54) is 0 Å². The van der Waals surface area contributed by atoms with Crippen molar-refractivity contribution >= 4 is 12.0 Å². The standard InChI is InChI=1S/C12H16N2O3/c1-2-17-11(15)9-14-12(16)13-8-10-6-4-3-5-7-10/h3-7H,2,8-9H2,1H3,(H2,13,14,16). The van der Waals surface area contributed by atoms with Crippen LogP contribution in [0.2, 0.25) is 0 Å². The maximum Gasteiger partial charge on any atom is 0.325 e. The Hall–Kier alpha value is -2.04. The van der Waals surface area contributed by atoms with Crippen LogP contribution in [-0.4, -0.2) is 25.2 Å². The molecule has 0 atom stereocenters. The van der Waals surface area contributed by atoms with Crippen LogP contribution in [0, 0.1) is 0 Å². The molecule has 0 aliphatic heterocycles. The average molecular weight is 236 g/mol. The summed E-state index contributed by atoms with van der Waals surface area (Å²) in [4.78, 5) is 22.3. The molecule has 2 amide bonds. The zero-order valence-corrected chi connectivity index (χ0v) is 9.73. The van der Waals surface area contributed by atoms with Crippen molar-refractivity contribution in [2.75, 3.05) is 13.2 Å². The number of rotatable bonds is 5. The highest BCUT2D eigenvalue weighted by atomic mass is 16.5. The maximum atomic E-state index is 11.3. The first kappa shape index (κ1) is 13.0. The number of amides is 2. The molecule has 0 spiro atoms. The molecule has 17 heavy (non-hydrogen) atoms. The van der Waals surface area contributed by atoms with E-state index < -0.39 is 5.97 Å². The topological polar surface area (TPSA) is 67.4 Å². The second-order valence-corrected chi connectivity index (χ2v) is 3.33. The molecule has 0 radical (unpaired) electrons. The van der Waals surface area contributed by atoms with Crippen LogP contribution in [-0.2, 0) is 16.1 Å². The molecule has 0 saturated heterocycles. The summed E-state index contributed by atoms with van der Waals surface area (Å²) in [6, 6.07) is 9.13. The van der Waals surface area contributed by atoms with E-state index in [9.17, 15) is 9.59 Å². The Morgan fingerprint density at radius 3 is 2.53 bits per heavy atom. The van der Waals surface area contributed by atoms with E-state index in [1.807, 2.05) is 30.3 Å². The molecule has 0 aliphatic carbocycles. The van der Waals surface area contributed by atoms with E-state index in [2.05, 4.69) is 15.4 Å². The van der Waals surface area contributed by atoms with Gasteiger partial charge in [0, 0.05) is 6.54 Å². The van der Waals surface area contributed by atoms with Gasteiger partial charge >= 0.3 is 12.0 Å². The number of nitrogens with one attached hydrogen (secondary N) is 2. The predicted octanol–water partition coefficient (Wildman–Crippen LogP) is 1.05. The Balaban J connectivity index is 2.20. The lowest BCUT2D eigenvalue weighted by atomic mass is 10.2. The van der Waals surface area contributed by atoms with Gasteiger partial charge in [0.05, 0.1) is 6.61 Å². The second kappa shape index (κ2) is 7.27. The van der Waals surface area contributed by atoms with Crippen LogP contribution in [0.3, 0.4) is 0 Å². The molecular formula is C12H16N2O3. The minimum Gasteiger partial charge on any atom is -0.465 e. The van der Waals surface area contributed by atoms with Gasteiger partial charge in [-0.2, -0.15) is 0 Å². The third kappa shape index (κ3) is 5.55. The summed E-state index contributed by atoms with van der Waals surface area (Å²) < 4.78 is 4.67. The number of hydrogen-bond acceptors (Lipinski definition) is 3. The van der Waals surface area contributed by atoms with Gasteiger partial charge in [-0.15, -0.1) is 0 Å². The molecule has 2 N–H and O–H groups in total. The molecule has 0 saturated carbocycles. The molecule has 5 nitrogen and oxygen atoms in total. The van der Waals surface area contributed by atoms with Crippen molar-refractivity contribution in [1.82, 2.24) is 10.6 Å². The van der Waals surface area contributed by atoms with Crippen molar-refractivity contribution in [1.29, 1.82) is 0 Å². The molecule has 0 fully saturated rings. The van der Waals surface area contributed by atoms with Crippen molar-refractivity contribution in [3.63, 3.8) is 0 Å². The molecule has 0 heterocycles. The Morgan fingerprint density at radius 1 is 1.18 bits per heavy atom. The zero-order chi connectivity index (χ0) is 12.5. The predicted molar refractivity (Wildman–Crippen MR) is 63.3 cm³/mol. The van der Waals surface area contributed by atoms with Crippen molar-refractivity contribution in [3.8, 4) is 0 Å². The van der Waals surface area contributed by atoms with Gasteiger partial charge in [0.15, 0.2) is 0 Å². The number of hydrogen-bond donors (Lipinski definition) is 2. The fraction of sp³-hybridized carbons (Fsp3) is 0.333. The first-order valence-electron chi connectivity index (χ1n) is 5.43. The summed E-state index contributed by atoms with van der Waals surface area (Å²) in [7, 11) is 0.